The second-order valence-electron chi connectivity index (χ2n) is 4.78. The van der Waals surface area contributed by atoms with Gasteiger partial charge in [-0.05, 0) is 0 Å². The zero-order chi connectivity index (χ0) is 14.6. The van der Waals surface area contributed by atoms with Crippen LogP contribution in [0.4, 0.5) is 0 Å². The van der Waals surface area contributed by atoms with Crippen molar-refractivity contribution < 1.29 is 10.9 Å². The predicted octanol–water partition coefficient (Wildman–Crippen LogP) is 4.24. The first-order valence-electron chi connectivity index (χ1n) is 6.79. The van der Waals surface area contributed by atoms with Crippen LogP contribution in [-0.2, 0) is 12.6 Å². The Morgan fingerprint density at radius 3 is 2.80 bits per heavy atom. The molecule has 20 heavy (non-hydrogen) atoms. The summed E-state index contributed by atoms with van der Waals surface area (Å²) < 4.78 is 33.1. The van der Waals surface area contributed by atoms with Gasteiger partial charge in [-0.2, -0.15) is 0 Å². The molecule has 0 radical (unpaired) electrons. The van der Waals surface area contributed by atoms with Crippen LogP contribution in [0.1, 0.15) is 44.6 Å². The van der Waals surface area contributed by atoms with Gasteiger partial charge >= 0.3 is 129 Å². The summed E-state index contributed by atoms with van der Waals surface area (Å²) in [6.07, 6.45) is 5.54. The molecule has 0 amide bonds. The van der Waals surface area contributed by atoms with E-state index in [0.29, 0.717) is 4.90 Å². The van der Waals surface area contributed by atoms with Gasteiger partial charge in [0.1, 0.15) is 0 Å². The molecular formula is C15H19IO3S. The molecule has 0 bridgehead atoms. The summed E-state index contributed by atoms with van der Waals surface area (Å²) in [4.78, 5) is 0.336. The standard InChI is InChI=1S/C15H19IO3S/c1-3-4-5-6-7-8-11-16-14-10-9-13(2)12-15(14)20(17,18)19-16/h9-10,12H,3-7H2,1-2H3. The number of unbranched alkanes of at least 4 members (excludes halogenated alkanes) is 4. The van der Waals surface area contributed by atoms with Crippen LogP contribution in [0.5, 0.6) is 0 Å². The van der Waals surface area contributed by atoms with Gasteiger partial charge < -0.3 is 0 Å². The monoisotopic (exact) mass is 406 g/mol. The van der Waals surface area contributed by atoms with Crippen LogP contribution in [0.3, 0.4) is 0 Å². The van der Waals surface area contributed by atoms with Gasteiger partial charge in [-0.3, -0.25) is 0 Å². The quantitative estimate of drug-likeness (QED) is 0.427. The minimum atomic E-state index is -3.56. The molecule has 2 rings (SSSR count). The van der Waals surface area contributed by atoms with Crippen molar-refractivity contribution in [2.45, 2.75) is 50.8 Å². The molecule has 5 heteroatoms. The summed E-state index contributed by atoms with van der Waals surface area (Å²) in [6.45, 7) is 4.06. The fourth-order valence-electron chi connectivity index (χ4n) is 1.91. The molecule has 110 valence electrons. The molecule has 0 aliphatic carbocycles. The summed E-state index contributed by atoms with van der Waals surface area (Å²) in [5, 5.41) is 0. The molecule has 0 saturated carbocycles. The van der Waals surface area contributed by atoms with Crippen molar-refractivity contribution in [1.82, 2.24) is 0 Å². The molecule has 1 aliphatic rings. The summed E-state index contributed by atoms with van der Waals surface area (Å²) >= 11 is -2.32. The molecule has 0 spiro atoms. The number of benzene rings is 1. The Morgan fingerprint density at radius 2 is 2.05 bits per heavy atom. The molecular weight excluding hydrogens is 387 g/mol. The number of halogens is 1. The van der Waals surface area contributed by atoms with Gasteiger partial charge in [0, 0.05) is 0 Å². The Balaban J connectivity index is 2.08. The van der Waals surface area contributed by atoms with Gasteiger partial charge in [-0.25, -0.2) is 0 Å². The fourth-order valence-corrected chi connectivity index (χ4v) is 9.06. The van der Waals surface area contributed by atoms with Gasteiger partial charge in [0.15, 0.2) is 0 Å². The van der Waals surface area contributed by atoms with Crippen LogP contribution in [0, 0.1) is 20.3 Å². The minimum absolute atomic E-state index is 0.336. The molecule has 0 unspecified atom stereocenters. The molecule has 0 aromatic heterocycles. The maximum absolute atomic E-state index is 11.9. The van der Waals surface area contributed by atoms with E-state index in [4.69, 9.17) is 2.51 Å². The van der Waals surface area contributed by atoms with Crippen molar-refractivity contribution in [2.75, 3.05) is 0 Å². The van der Waals surface area contributed by atoms with Crippen molar-refractivity contribution in [3.05, 3.63) is 27.3 Å². The first kappa shape index (κ1) is 15.8. The van der Waals surface area contributed by atoms with Gasteiger partial charge in [0.2, 0.25) is 0 Å². The van der Waals surface area contributed by atoms with E-state index in [1.807, 2.05) is 19.1 Å². The van der Waals surface area contributed by atoms with Crippen molar-refractivity contribution in [2.24, 2.45) is 0 Å². The van der Waals surface area contributed by atoms with Crippen LogP contribution in [0.2, 0.25) is 0 Å². The average Bonchev–Trinajstić information content (AvgIpc) is 2.65. The van der Waals surface area contributed by atoms with E-state index in [1.165, 1.54) is 19.3 Å². The number of aryl methyl sites for hydroxylation is 1. The molecule has 1 aromatic rings. The SMILES string of the molecule is CCCCCCC#CI1OS(=O)(=O)c2cc(C)ccc21. The first-order valence-corrected chi connectivity index (χ1v) is 11.2. The molecule has 1 aromatic carbocycles. The van der Waals surface area contributed by atoms with Gasteiger partial charge in [-0.15, -0.1) is 0 Å². The van der Waals surface area contributed by atoms with Crippen molar-refractivity contribution in [3.63, 3.8) is 0 Å². The molecule has 1 aliphatic heterocycles. The molecule has 0 saturated heterocycles. The van der Waals surface area contributed by atoms with E-state index >= 15 is 0 Å². The third kappa shape index (κ3) is 3.74. The summed E-state index contributed by atoms with van der Waals surface area (Å²) in [7, 11) is -3.56. The third-order valence-corrected chi connectivity index (χ3v) is 9.90. The fraction of sp³-hybridized carbons (Fsp3) is 0.467. The van der Waals surface area contributed by atoms with Crippen LogP contribution >= 0.6 is 20.2 Å². The van der Waals surface area contributed by atoms with Crippen molar-refractivity contribution in [1.29, 1.82) is 0 Å². The van der Waals surface area contributed by atoms with Gasteiger partial charge in [-0.1, -0.05) is 0 Å². The van der Waals surface area contributed by atoms with Crippen LogP contribution in [-0.4, -0.2) is 8.42 Å². The van der Waals surface area contributed by atoms with E-state index in [0.717, 1.165) is 22.0 Å². The Kier molecular flexibility index (Phi) is 5.47. The van der Waals surface area contributed by atoms with Crippen LogP contribution < -0.4 is 0 Å². The second kappa shape index (κ2) is 6.92. The first-order chi connectivity index (χ1) is 9.54. The van der Waals surface area contributed by atoms with Gasteiger partial charge in [0.05, 0.1) is 0 Å². The van der Waals surface area contributed by atoms with Crippen molar-refractivity contribution in [3.8, 4) is 9.85 Å². The molecule has 1 heterocycles. The third-order valence-electron chi connectivity index (χ3n) is 2.99. The summed E-state index contributed by atoms with van der Waals surface area (Å²) in [5.74, 6) is 3.11. The Labute approximate surface area is 129 Å². The average molecular weight is 406 g/mol. The molecule has 0 atom stereocenters. The zero-order valence-electron chi connectivity index (χ0n) is 11.8. The Bertz CT molecular complexity index is 641. The normalized spacial score (nSPS) is 17.4. The molecule has 0 fully saturated rings. The van der Waals surface area contributed by atoms with Crippen LogP contribution in [0.25, 0.3) is 0 Å². The van der Waals surface area contributed by atoms with Crippen LogP contribution in [0.15, 0.2) is 23.1 Å². The zero-order valence-corrected chi connectivity index (χ0v) is 14.8. The summed E-state index contributed by atoms with van der Waals surface area (Å²) in [6, 6.07) is 5.48. The van der Waals surface area contributed by atoms with E-state index in [-0.39, 0.29) is 0 Å². The van der Waals surface area contributed by atoms with Crippen molar-refractivity contribution >= 4 is 30.4 Å². The predicted molar refractivity (Wildman–Crippen MR) is 88.7 cm³/mol. The number of hydrogen-bond donors (Lipinski definition) is 0. The molecule has 0 N–H and O–H groups in total. The number of fused-ring (bicyclic) bond motifs is 1. The van der Waals surface area contributed by atoms with E-state index < -0.39 is 30.4 Å². The van der Waals surface area contributed by atoms with E-state index in [1.54, 1.807) is 6.07 Å². The number of rotatable bonds is 4. The van der Waals surface area contributed by atoms with E-state index in [2.05, 4.69) is 16.8 Å². The number of hydrogen-bond acceptors (Lipinski definition) is 3. The van der Waals surface area contributed by atoms with Gasteiger partial charge in [0.25, 0.3) is 0 Å². The molecule has 3 nitrogen and oxygen atoms in total. The topological polar surface area (TPSA) is 43.4 Å². The second-order valence-corrected chi connectivity index (χ2v) is 10.5. The Hall–Kier alpha value is -0.580. The Morgan fingerprint density at radius 1 is 1.25 bits per heavy atom. The van der Waals surface area contributed by atoms with E-state index in [9.17, 15) is 8.42 Å². The summed E-state index contributed by atoms with van der Waals surface area (Å²) in [5.41, 5.74) is 0.932. The maximum atomic E-state index is 11.9.